The van der Waals surface area contributed by atoms with Gasteiger partial charge in [0.05, 0.1) is 9.13 Å². The molecule has 0 radical (unpaired) electrons. The minimum Gasteiger partial charge on any atom is -0.263 e. The van der Waals surface area contributed by atoms with E-state index in [1.54, 1.807) is 22.6 Å². The Kier molecular flexibility index (Phi) is 3.37. The summed E-state index contributed by atoms with van der Waals surface area (Å²) in [6.45, 7) is 0. The van der Waals surface area contributed by atoms with Gasteiger partial charge in [0, 0.05) is 12.4 Å². The van der Waals surface area contributed by atoms with E-state index < -0.39 is 26.9 Å². The lowest BCUT2D eigenvalue weighted by molar-refractivity contribution is 0.147. The molecule has 0 saturated heterocycles. The third-order valence-corrected chi connectivity index (χ3v) is 3.61. The van der Waals surface area contributed by atoms with Gasteiger partial charge in [-0.3, -0.25) is 4.98 Å². The Bertz CT molecular complexity index is 449. The Labute approximate surface area is 92.7 Å². The number of pyridine rings is 1. The van der Waals surface area contributed by atoms with E-state index in [2.05, 4.69) is 4.98 Å². The predicted octanol–water partition coefficient (Wildman–Crippen LogP) is 1.27. The predicted molar refractivity (Wildman–Crippen MR) is 53.3 cm³/mol. The van der Waals surface area contributed by atoms with Crippen LogP contribution in [0.25, 0.3) is 0 Å². The van der Waals surface area contributed by atoms with E-state index in [4.69, 9.17) is 5.14 Å². The van der Waals surface area contributed by atoms with Crippen molar-refractivity contribution in [3.63, 3.8) is 0 Å². The fraction of sp³-hybridized carbons (Fsp3) is 0.167. The summed E-state index contributed by atoms with van der Waals surface area (Å²) in [5, 5.41) is 4.80. The SMILES string of the molecule is NS(=O)(=O)c1c(I)cncc1C(F)F. The van der Waals surface area contributed by atoms with Crippen molar-refractivity contribution < 1.29 is 17.2 Å². The molecule has 4 nitrogen and oxygen atoms in total. The van der Waals surface area contributed by atoms with Gasteiger partial charge in [-0.05, 0) is 22.6 Å². The topological polar surface area (TPSA) is 73.1 Å². The molecule has 0 aliphatic rings. The molecular formula is C6H5F2IN2O2S. The summed E-state index contributed by atoms with van der Waals surface area (Å²) in [5.41, 5.74) is -0.667. The van der Waals surface area contributed by atoms with Gasteiger partial charge in [0.15, 0.2) is 0 Å². The minimum atomic E-state index is -4.14. The Morgan fingerprint density at radius 3 is 2.36 bits per heavy atom. The van der Waals surface area contributed by atoms with Gasteiger partial charge < -0.3 is 0 Å². The second kappa shape index (κ2) is 4.03. The molecule has 0 aromatic carbocycles. The molecule has 0 unspecified atom stereocenters. The number of primary sulfonamides is 1. The largest absolute Gasteiger partial charge is 0.266 e. The first-order valence-corrected chi connectivity index (χ1v) is 5.91. The molecule has 0 saturated carbocycles. The van der Waals surface area contributed by atoms with Crippen LogP contribution in [0.3, 0.4) is 0 Å². The number of aromatic nitrogens is 1. The lowest BCUT2D eigenvalue weighted by Crippen LogP contribution is -2.16. The molecule has 0 spiro atoms. The molecule has 0 aliphatic heterocycles. The van der Waals surface area contributed by atoms with Crippen LogP contribution >= 0.6 is 22.6 Å². The van der Waals surface area contributed by atoms with Crippen LogP contribution in [0, 0.1) is 3.57 Å². The summed E-state index contributed by atoms with van der Waals surface area (Å²) in [4.78, 5) is 2.92. The zero-order valence-corrected chi connectivity index (χ0v) is 9.59. The monoisotopic (exact) mass is 334 g/mol. The minimum absolute atomic E-state index is 0.0860. The fourth-order valence-corrected chi connectivity index (χ4v) is 3.08. The summed E-state index contributed by atoms with van der Waals surface area (Å²) < 4.78 is 46.8. The maximum atomic E-state index is 12.4. The summed E-state index contributed by atoms with van der Waals surface area (Å²) >= 11 is 1.59. The highest BCUT2D eigenvalue weighted by atomic mass is 127. The normalized spacial score (nSPS) is 12.1. The van der Waals surface area contributed by atoms with Crippen LogP contribution in [0.1, 0.15) is 12.0 Å². The highest BCUT2D eigenvalue weighted by Gasteiger charge is 2.23. The molecule has 0 aliphatic carbocycles. The van der Waals surface area contributed by atoms with E-state index in [1.165, 1.54) is 0 Å². The first-order chi connectivity index (χ1) is 6.34. The number of alkyl halides is 2. The standard InChI is InChI=1S/C6H5F2IN2O2S/c7-6(8)3-1-11-2-4(9)5(3)14(10,12)13/h1-2,6H,(H2,10,12,13). The van der Waals surface area contributed by atoms with E-state index in [0.717, 1.165) is 12.4 Å². The summed E-state index contributed by atoms with van der Waals surface area (Å²) in [7, 11) is -4.14. The maximum absolute atomic E-state index is 12.4. The molecule has 14 heavy (non-hydrogen) atoms. The van der Waals surface area contributed by atoms with E-state index >= 15 is 0 Å². The van der Waals surface area contributed by atoms with E-state index in [1.807, 2.05) is 0 Å². The molecule has 78 valence electrons. The lowest BCUT2D eigenvalue weighted by atomic mass is 10.3. The molecule has 1 rings (SSSR count). The zero-order valence-electron chi connectivity index (χ0n) is 6.62. The number of nitrogens with zero attached hydrogens (tertiary/aromatic N) is 1. The molecule has 1 heterocycles. The number of nitrogens with two attached hydrogens (primary N) is 1. The average molecular weight is 334 g/mol. The van der Waals surface area contributed by atoms with Crippen molar-refractivity contribution in [2.45, 2.75) is 11.3 Å². The van der Waals surface area contributed by atoms with Gasteiger partial charge in [-0.15, -0.1) is 0 Å². The first kappa shape index (κ1) is 11.7. The van der Waals surface area contributed by atoms with Crippen molar-refractivity contribution in [1.82, 2.24) is 4.98 Å². The smallest absolute Gasteiger partial charge is 0.263 e. The van der Waals surface area contributed by atoms with Crippen LogP contribution in [0.2, 0.25) is 0 Å². The lowest BCUT2D eigenvalue weighted by Gasteiger charge is -2.07. The molecule has 1 aromatic heterocycles. The number of rotatable bonds is 2. The number of sulfonamides is 1. The van der Waals surface area contributed by atoms with Gasteiger partial charge in [0.2, 0.25) is 10.0 Å². The van der Waals surface area contributed by atoms with Crippen LogP contribution in [-0.2, 0) is 10.0 Å². The highest BCUT2D eigenvalue weighted by Crippen LogP contribution is 2.28. The van der Waals surface area contributed by atoms with Crippen molar-refractivity contribution >= 4 is 32.6 Å². The maximum Gasteiger partial charge on any atom is 0.266 e. The Morgan fingerprint density at radius 2 is 2.00 bits per heavy atom. The van der Waals surface area contributed by atoms with Crippen LogP contribution < -0.4 is 5.14 Å². The van der Waals surface area contributed by atoms with Crippen molar-refractivity contribution in [3.8, 4) is 0 Å². The zero-order chi connectivity index (χ0) is 10.9. The number of hydrogen-bond acceptors (Lipinski definition) is 3. The number of halogens is 3. The number of hydrogen-bond donors (Lipinski definition) is 1. The van der Waals surface area contributed by atoms with Crippen LogP contribution in [0.15, 0.2) is 17.3 Å². The summed E-state index contributed by atoms with van der Waals surface area (Å²) in [6, 6.07) is 0. The van der Waals surface area contributed by atoms with Crippen molar-refractivity contribution in [1.29, 1.82) is 0 Å². The molecule has 1 aromatic rings. The first-order valence-electron chi connectivity index (χ1n) is 3.28. The van der Waals surface area contributed by atoms with E-state index in [-0.39, 0.29) is 3.57 Å². The van der Waals surface area contributed by atoms with E-state index in [9.17, 15) is 17.2 Å². The van der Waals surface area contributed by atoms with Gasteiger partial charge in [-0.2, -0.15) is 0 Å². The Morgan fingerprint density at radius 1 is 1.43 bits per heavy atom. The van der Waals surface area contributed by atoms with Gasteiger partial charge in [0.1, 0.15) is 4.90 Å². The van der Waals surface area contributed by atoms with Crippen LogP contribution in [-0.4, -0.2) is 13.4 Å². The Hall–Kier alpha value is -0.350. The molecule has 0 atom stereocenters. The van der Waals surface area contributed by atoms with Gasteiger partial charge in [0.25, 0.3) is 6.43 Å². The third kappa shape index (κ3) is 2.36. The quantitative estimate of drug-likeness (QED) is 0.828. The van der Waals surface area contributed by atoms with Crippen LogP contribution in [0.5, 0.6) is 0 Å². The van der Waals surface area contributed by atoms with Crippen molar-refractivity contribution in [2.24, 2.45) is 5.14 Å². The third-order valence-electron chi connectivity index (χ3n) is 1.40. The molecular weight excluding hydrogens is 329 g/mol. The van der Waals surface area contributed by atoms with E-state index in [0.29, 0.717) is 0 Å². The molecule has 0 fully saturated rings. The molecule has 2 N–H and O–H groups in total. The second-order valence-electron chi connectivity index (χ2n) is 2.39. The van der Waals surface area contributed by atoms with Gasteiger partial charge in [-0.1, -0.05) is 0 Å². The Balaban J connectivity index is 3.54. The summed E-state index contributed by atoms with van der Waals surface area (Å²) in [5.74, 6) is 0. The molecule has 8 heteroatoms. The highest BCUT2D eigenvalue weighted by molar-refractivity contribution is 14.1. The molecule has 0 bridgehead atoms. The summed E-state index contributed by atoms with van der Waals surface area (Å²) in [6.07, 6.45) is -0.954. The average Bonchev–Trinajstić information content (AvgIpc) is 2.01. The van der Waals surface area contributed by atoms with Gasteiger partial charge >= 0.3 is 0 Å². The molecule has 0 amide bonds. The van der Waals surface area contributed by atoms with Crippen LogP contribution in [0.4, 0.5) is 8.78 Å². The van der Waals surface area contributed by atoms with Crippen molar-refractivity contribution in [2.75, 3.05) is 0 Å². The van der Waals surface area contributed by atoms with Gasteiger partial charge in [-0.25, -0.2) is 22.3 Å². The van der Waals surface area contributed by atoms with Crippen molar-refractivity contribution in [3.05, 3.63) is 21.5 Å². The fourth-order valence-electron chi connectivity index (χ4n) is 0.894. The second-order valence-corrected chi connectivity index (χ2v) is 5.05.